The summed E-state index contributed by atoms with van der Waals surface area (Å²) in [7, 11) is 0. The summed E-state index contributed by atoms with van der Waals surface area (Å²) in [5, 5.41) is 5.80. The second-order valence-electron chi connectivity index (χ2n) is 7.02. The van der Waals surface area contributed by atoms with E-state index in [1.165, 1.54) is 0 Å². The van der Waals surface area contributed by atoms with Crippen molar-refractivity contribution in [3.63, 3.8) is 0 Å². The molecule has 0 N–H and O–H groups in total. The fraction of sp³-hybridized carbons (Fsp3) is 0.333. The van der Waals surface area contributed by atoms with Crippen LogP contribution >= 0.6 is 15.9 Å². The normalized spacial score (nSPS) is 15.2. The van der Waals surface area contributed by atoms with Crippen molar-refractivity contribution in [1.29, 1.82) is 0 Å². The van der Waals surface area contributed by atoms with E-state index in [0.29, 0.717) is 12.5 Å². The minimum Gasteiger partial charge on any atom is -0.445 e. The molecule has 0 spiro atoms. The first kappa shape index (κ1) is 18.0. The molecule has 1 aliphatic heterocycles. The molecule has 1 amide bonds. The number of piperidine rings is 1. The zero-order valence-corrected chi connectivity index (χ0v) is 16.6. The number of carbonyl (C=O) groups is 1. The van der Waals surface area contributed by atoms with Gasteiger partial charge in [0.1, 0.15) is 6.61 Å². The molecule has 1 aliphatic rings. The molecule has 0 saturated carbocycles. The van der Waals surface area contributed by atoms with Crippen LogP contribution in [0.2, 0.25) is 0 Å². The molecule has 0 atom stereocenters. The van der Waals surface area contributed by atoms with Gasteiger partial charge in [0.05, 0.1) is 5.52 Å². The largest absolute Gasteiger partial charge is 0.445 e. The van der Waals surface area contributed by atoms with Crippen molar-refractivity contribution in [3.05, 3.63) is 64.8 Å². The first-order valence-electron chi connectivity index (χ1n) is 9.26. The molecular weight excluding hydrogens is 406 g/mol. The molecule has 5 nitrogen and oxygen atoms in total. The predicted octanol–water partition coefficient (Wildman–Crippen LogP) is 4.85. The first-order chi connectivity index (χ1) is 13.2. The van der Waals surface area contributed by atoms with E-state index in [-0.39, 0.29) is 6.09 Å². The van der Waals surface area contributed by atoms with Crippen molar-refractivity contribution in [2.24, 2.45) is 5.92 Å². The van der Waals surface area contributed by atoms with Gasteiger partial charge in [0.15, 0.2) is 0 Å². The summed E-state index contributed by atoms with van der Waals surface area (Å²) in [4.78, 5) is 14.1. The zero-order chi connectivity index (χ0) is 18.6. The fourth-order valence-electron chi connectivity index (χ4n) is 3.51. The van der Waals surface area contributed by atoms with E-state index in [4.69, 9.17) is 4.74 Å². The highest BCUT2D eigenvalue weighted by Crippen LogP contribution is 2.22. The van der Waals surface area contributed by atoms with Crippen molar-refractivity contribution >= 4 is 32.9 Å². The lowest BCUT2D eigenvalue weighted by Gasteiger charge is -2.31. The fourth-order valence-corrected chi connectivity index (χ4v) is 3.89. The number of nitrogens with zero attached hydrogens (tertiary/aromatic N) is 3. The van der Waals surface area contributed by atoms with Gasteiger partial charge < -0.3 is 9.64 Å². The maximum absolute atomic E-state index is 12.3. The summed E-state index contributed by atoms with van der Waals surface area (Å²) in [6.07, 6.45) is 3.83. The maximum Gasteiger partial charge on any atom is 0.410 e. The number of hydrogen-bond acceptors (Lipinski definition) is 3. The Bertz CT molecular complexity index is 918. The summed E-state index contributed by atoms with van der Waals surface area (Å²) in [5.41, 5.74) is 2.03. The average Bonchev–Trinajstić information content (AvgIpc) is 3.09. The minimum atomic E-state index is -0.216. The lowest BCUT2D eigenvalue weighted by Crippen LogP contribution is -2.39. The van der Waals surface area contributed by atoms with Gasteiger partial charge in [0.25, 0.3) is 0 Å². The molecule has 140 valence electrons. The molecule has 2 aromatic carbocycles. The van der Waals surface area contributed by atoms with Crippen LogP contribution < -0.4 is 0 Å². The van der Waals surface area contributed by atoms with Gasteiger partial charge in [-0.3, -0.25) is 4.68 Å². The highest BCUT2D eigenvalue weighted by molar-refractivity contribution is 9.10. The predicted molar refractivity (Wildman–Crippen MR) is 108 cm³/mol. The molecule has 2 heterocycles. The molecule has 0 aliphatic carbocycles. The third-order valence-electron chi connectivity index (χ3n) is 5.04. The summed E-state index contributed by atoms with van der Waals surface area (Å²) < 4.78 is 8.54. The van der Waals surface area contributed by atoms with E-state index in [2.05, 4.69) is 33.3 Å². The van der Waals surface area contributed by atoms with E-state index >= 15 is 0 Å². The summed E-state index contributed by atoms with van der Waals surface area (Å²) in [5.74, 6) is 0.529. The standard InChI is InChI=1S/C21H22BrN3O2/c22-19-6-7-20-18(12-19)14-25(23-20)13-16-8-10-24(11-9-16)21(26)27-15-17-4-2-1-3-5-17/h1-7,12,14,16H,8-11,13,15H2. The van der Waals surface area contributed by atoms with Gasteiger partial charge in [-0.15, -0.1) is 0 Å². The zero-order valence-electron chi connectivity index (χ0n) is 15.1. The van der Waals surface area contributed by atoms with Crippen molar-refractivity contribution < 1.29 is 9.53 Å². The van der Waals surface area contributed by atoms with Crippen molar-refractivity contribution in [2.75, 3.05) is 13.1 Å². The summed E-state index contributed by atoms with van der Waals surface area (Å²) in [6, 6.07) is 15.9. The lowest BCUT2D eigenvalue weighted by atomic mass is 9.97. The monoisotopic (exact) mass is 427 g/mol. The molecule has 4 rings (SSSR count). The molecule has 6 heteroatoms. The molecule has 1 aromatic heterocycles. The molecule has 3 aromatic rings. The first-order valence-corrected chi connectivity index (χ1v) is 10.0. The smallest absolute Gasteiger partial charge is 0.410 e. The number of carbonyl (C=O) groups excluding carboxylic acids is 1. The van der Waals surface area contributed by atoms with Crippen molar-refractivity contribution in [2.45, 2.75) is 26.0 Å². The van der Waals surface area contributed by atoms with Gasteiger partial charge in [-0.25, -0.2) is 4.79 Å². The number of halogens is 1. The van der Waals surface area contributed by atoms with Crippen LogP contribution in [0, 0.1) is 5.92 Å². The van der Waals surface area contributed by atoms with Crippen LogP contribution in [-0.4, -0.2) is 33.9 Å². The van der Waals surface area contributed by atoms with Crippen LogP contribution in [0.3, 0.4) is 0 Å². The van der Waals surface area contributed by atoms with E-state index in [1.807, 2.05) is 52.0 Å². The van der Waals surface area contributed by atoms with Gasteiger partial charge in [-0.1, -0.05) is 46.3 Å². The molecule has 0 unspecified atom stereocenters. The second-order valence-corrected chi connectivity index (χ2v) is 7.94. The van der Waals surface area contributed by atoms with E-state index < -0.39 is 0 Å². The second kappa shape index (κ2) is 8.13. The Balaban J connectivity index is 1.27. The molecule has 27 heavy (non-hydrogen) atoms. The van der Waals surface area contributed by atoms with Crippen LogP contribution in [0.1, 0.15) is 18.4 Å². The Labute approximate surface area is 167 Å². The van der Waals surface area contributed by atoms with Gasteiger partial charge >= 0.3 is 6.09 Å². The Morgan fingerprint density at radius 2 is 1.93 bits per heavy atom. The van der Waals surface area contributed by atoms with Gasteiger partial charge in [-0.2, -0.15) is 5.10 Å². The number of ether oxygens (including phenoxy) is 1. The molecule has 1 saturated heterocycles. The van der Waals surface area contributed by atoms with E-state index in [1.54, 1.807) is 0 Å². The number of likely N-dealkylation sites (tertiary alicyclic amines) is 1. The Morgan fingerprint density at radius 1 is 1.15 bits per heavy atom. The van der Waals surface area contributed by atoms with Crippen LogP contribution in [0.15, 0.2) is 59.2 Å². The van der Waals surface area contributed by atoms with Crippen LogP contribution in [0.4, 0.5) is 4.79 Å². The van der Waals surface area contributed by atoms with Gasteiger partial charge in [0.2, 0.25) is 0 Å². The third-order valence-corrected chi connectivity index (χ3v) is 5.53. The Kier molecular flexibility index (Phi) is 5.43. The number of aromatic nitrogens is 2. The lowest BCUT2D eigenvalue weighted by molar-refractivity contribution is 0.0804. The third kappa shape index (κ3) is 4.50. The Morgan fingerprint density at radius 3 is 2.70 bits per heavy atom. The van der Waals surface area contributed by atoms with Crippen molar-refractivity contribution in [3.8, 4) is 0 Å². The molecule has 1 fully saturated rings. The number of rotatable bonds is 4. The number of fused-ring (bicyclic) bond motifs is 1. The number of hydrogen-bond donors (Lipinski definition) is 0. The maximum atomic E-state index is 12.3. The summed E-state index contributed by atoms with van der Waals surface area (Å²) >= 11 is 3.50. The highest BCUT2D eigenvalue weighted by Gasteiger charge is 2.24. The van der Waals surface area contributed by atoms with Gasteiger partial charge in [0, 0.05) is 35.7 Å². The quantitative estimate of drug-likeness (QED) is 0.597. The molecular formula is C21H22BrN3O2. The van der Waals surface area contributed by atoms with Gasteiger partial charge in [-0.05, 0) is 42.5 Å². The molecule has 0 radical (unpaired) electrons. The topological polar surface area (TPSA) is 47.4 Å². The number of benzene rings is 2. The SMILES string of the molecule is O=C(OCc1ccccc1)N1CCC(Cn2cc3cc(Br)ccc3n2)CC1. The number of amides is 1. The summed E-state index contributed by atoms with van der Waals surface area (Å²) in [6.45, 7) is 2.70. The van der Waals surface area contributed by atoms with Crippen molar-refractivity contribution in [1.82, 2.24) is 14.7 Å². The average molecular weight is 428 g/mol. The molecule has 0 bridgehead atoms. The van der Waals surface area contributed by atoms with Crippen LogP contribution in [0.5, 0.6) is 0 Å². The van der Waals surface area contributed by atoms with E-state index in [0.717, 1.165) is 53.4 Å². The Hall–Kier alpha value is -2.34. The van der Waals surface area contributed by atoms with Crippen LogP contribution in [0.25, 0.3) is 10.9 Å². The van der Waals surface area contributed by atoms with Crippen LogP contribution in [-0.2, 0) is 17.9 Å². The highest BCUT2D eigenvalue weighted by atomic mass is 79.9. The minimum absolute atomic E-state index is 0.216. The van der Waals surface area contributed by atoms with E-state index in [9.17, 15) is 4.79 Å².